The highest BCUT2D eigenvalue weighted by atomic mass is 16.4. The van der Waals surface area contributed by atoms with Gasteiger partial charge in [0.05, 0.1) is 6.42 Å². The van der Waals surface area contributed by atoms with Crippen LogP contribution in [0.5, 0.6) is 0 Å². The Morgan fingerprint density at radius 3 is 2.74 bits per heavy atom. The van der Waals surface area contributed by atoms with Gasteiger partial charge in [-0.15, -0.1) is 0 Å². The molecule has 1 aliphatic carbocycles. The highest BCUT2D eigenvalue weighted by Gasteiger charge is 2.39. The van der Waals surface area contributed by atoms with Gasteiger partial charge >= 0.3 is 5.97 Å². The van der Waals surface area contributed by atoms with Gasteiger partial charge in [0.25, 0.3) is 5.91 Å². The normalized spacial score (nSPS) is 16.5. The van der Waals surface area contributed by atoms with Crippen LogP contribution in [0.15, 0.2) is 18.3 Å². The van der Waals surface area contributed by atoms with E-state index in [9.17, 15) is 9.59 Å². The summed E-state index contributed by atoms with van der Waals surface area (Å²) in [5, 5.41) is 11.7. The molecule has 2 N–H and O–H groups in total. The SMILES string of the molecule is Cc1cccnc1C(=O)NCC1(CC(=O)O)CCC1. The predicted octanol–water partition coefficient (Wildman–Crippen LogP) is 1.76. The molecule has 5 heteroatoms. The van der Waals surface area contributed by atoms with E-state index >= 15 is 0 Å². The Hall–Kier alpha value is -1.91. The number of aliphatic carboxylic acids is 1. The van der Waals surface area contributed by atoms with Gasteiger partial charge in [0, 0.05) is 12.7 Å². The highest BCUT2D eigenvalue weighted by molar-refractivity contribution is 5.93. The molecule has 0 unspecified atom stereocenters. The van der Waals surface area contributed by atoms with Gasteiger partial charge in [-0.1, -0.05) is 12.5 Å². The number of nitrogens with one attached hydrogen (secondary N) is 1. The van der Waals surface area contributed by atoms with E-state index in [1.165, 1.54) is 0 Å². The third-order valence-electron chi connectivity index (χ3n) is 3.79. The molecule has 1 amide bonds. The maximum atomic E-state index is 12.0. The molecule has 0 spiro atoms. The van der Waals surface area contributed by atoms with Gasteiger partial charge < -0.3 is 10.4 Å². The zero-order valence-corrected chi connectivity index (χ0v) is 11.0. The number of aryl methyl sites for hydroxylation is 1. The lowest BCUT2D eigenvalue weighted by atomic mass is 9.66. The van der Waals surface area contributed by atoms with Crippen LogP contribution in [0.4, 0.5) is 0 Å². The molecule has 1 heterocycles. The number of nitrogens with zero attached hydrogens (tertiary/aromatic N) is 1. The molecular weight excluding hydrogens is 244 g/mol. The first kappa shape index (κ1) is 13.5. The first-order valence-electron chi connectivity index (χ1n) is 6.44. The lowest BCUT2D eigenvalue weighted by molar-refractivity contribution is -0.141. The molecule has 5 nitrogen and oxygen atoms in total. The van der Waals surface area contributed by atoms with E-state index in [2.05, 4.69) is 10.3 Å². The monoisotopic (exact) mass is 262 g/mol. The highest BCUT2D eigenvalue weighted by Crippen LogP contribution is 2.43. The Balaban J connectivity index is 1.97. The number of carbonyl (C=O) groups is 2. The summed E-state index contributed by atoms with van der Waals surface area (Å²) < 4.78 is 0. The smallest absolute Gasteiger partial charge is 0.303 e. The molecule has 0 aliphatic heterocycles. The number of pyridine rings is 1. The number of carbonyl (C=O) groups excluding carboxylic acids is 1. The van der Waals surface area contributed by atoms with Crippen molar-refractivity contribution in [3.63, 3.8) is 0 Å². The van der Waals surface area contributed by atoms with Crippen LogP contribution in [-0.2, 0) is 4.79 Å². The van der Waals surface area contributed by atoms with Gasteiger partial charge in [0.2, 0.25) is 0 Å². The molecule has 0 bridgehead atoms. The minimum Gasteiger partial charge on any atom is -0.481 e. The third-order valence-corrected chi connectivity index (χ3v) is 3.79. The Labute approximate surface area is 112 Å². The van der Waals surface area contributed by atoms with E-state index in [0.717, 1.165) is 24.8 Å². The van der Waals surface area contributed by atoms with E-state index in [0.29, 0.717) is 12.2 Å². The molecule has 0 saturated heterocycles. The first-order chi connectivity index (χ1) is 9.02. The van der Waals surface area contributed by atoms with Crippen molar-refractivity contribution >= 4 is 11.9 Å². The number of amides is 1. The van der Waals surface area contributed by atoms with Gasteiger partial charge in [-0.05, 0) is 36.8 Å². The van der Waals surface area contributed by atoms with Gasteiger partial charge in [-0.25, -0.2) is 0 Å². The van der Waals surface area contributed by atoms with Crippen molar-refractivity contribution in [1.29, 1.82) is 0 Å². The summed E-state index contributed by atoms with van der Waals surface area (Å²) in [5.74, 6) is -1.03. The van der Waals surface area contributed by atoms with Crippen LogP contribution in [0.3, 0.4) is 0 Å². The predicted molar refractivity (Wildman–Crippen MR) is 69.8 cm³/mol. The minimum atomic E-state index is -0.803. The molecule has 1 aromatic rings. The Morgan fingerprint density at radius 1 is 1.47 bits per heavy atom. The molecule has 1 fully saturated rings. The summed E-state index contributed by atoms with van der Waals surface area (Å²) in [6.07, 6.45) is 4.46. The zero-order valence-electron chi connectivity index (χ0n) is 11.0. The van der Waals surface area contributed by atoms with Crippen molar-refractivity contribution in [2.24, 2.45) is 5.41 Å². The number of hydrogen-bond acceptors (Lipinski definition) is 3. The van der Waals surface area contributed by atoms with Crippen LogP contribution >= 0.6 is 0 Å². The number of hydrogen-bond donors (Lipinski definition) is 2. The van der Waals surface area contributed by atoms with Crippen LogP contribution in [0.25, 0.3) is 0 Å². The molecule has 1 saturated carbocycles. The lowest BCUT2D eigenvalue weighted by Gasteiger charge is -2.40. The molecule has 0 atom stereocenters. The van der Waals surface area contributed by atoms with E-state index in [-0.39, 0.29) is 17.7 Å². The molecule has 0 aromatic carbocycles. The van der Waals surface area contributed by atoms with Crippen molar-refractivity contribution < 1.29 is 14.7 Å². The zero-order chi connectivity index (χ0) is 13.9. The van der Waals surface area contributed by atoms with Gasteiger partial charge in [-0.2, -0.15) is 0 Å². The number of carboxylic acid groups (broad SMARTS) is 1. The van der Waals surface area contributed by atoms with E-state index in [1.807, 2.05) is 13.0 Å². The molecule has 19 heavy (non-hydrogen) atoms. The van der Waals surface area contributed by atoms with Gasteiger partial charge in [-0.3, -0.25) is 14.6 Å². The number of carboxylic acids is 1. The number of rotatable bonds is 5. The fourth-order valence-electron chi connectivity index (χ4n) is 2.49. The molecule has 2 rings (SSSR count). The van der Waals surface area contributed by atoms with Gasteiger partial charge in [0.1, 0.15) is 5.69 Å². The maximum Gasteiger partial charge on any atom is 0.303 e. The lowest BCUT2D eigenvalue weighted by Crippen LogP contribution is -2.43. The summed E-state index contributed by atoms with van der Waals surface area (Å²) in [5.41, 5.74) is 0.970. The van der Waals surface area contributed by atoms with Crippen LogP contribution in [0.1, 0.15) is 41.7 Å². The van der Waals surface area contributed by atoms with Crippen LogP contribution < -0.4 is 5.32 Å². The topological polar surface area (TPSA) is 79.3 Å². The summed E-state index contributed by atoms with van der Waals surface area (Å²) >= 11 is 0. The average Bonchev–Trinajstić information content (AvgIpc) is 2.32. The quantitative estimate of drug-likeness (QED) is 0.847. The second-order valence-electron chi connectivity index (χ2n) is 5.28. The summed E-state index contributed by atoms with van der Waals surface area (Å²) in [4.78, 5) is 26.9. The van der Waals surface area contributed by atoms with E-state index < -0.39 is 5.97 Å². The van der Waals surface area contributed by atoms with Crippen molar-refractivity contribution in [3.8, 4) is 0 Å². The van der Waals surface area contributed by atoms with Gasteiger partial charge in [0.15, 0.2) is 0 Å². The summed E-state index contributed by atoms with van der Waals surface area (Å²) in [6.45, 7) is 2.24. The fourth-order valence-corrected chi connectivity index (χ4v) is 2.49. The third kappa shape index (κ3) is 3.10. The second-order valence-corrected chi connectivity index (χ2v) is 5.28. The molecule has 1 aromatic heterocycles. The van der Waals surface area contributed by atoms with Crippen molar-refractivity contribution in [2.75, 3.05) is 6.54 Å². The Kier molecular flexibility index (Phi) is 3.83. The molecule has 102 valence electrons. The fraction of sp³-hybridized carbons (Fsp3) is 0.500. The first-order valence-corrected chi connectivity index (χ1v) is 6.44. The van der Waals surface area contributed by atoms with Crippen LogP contribution in [-0.4, -0.2) is 28.5 Å². The number of aromatic nitrogens is 1. The standard InChI is InChI=1S/C14H18N2O3/c1-10-4-2-7-15-12(10)13(19)16-9-14(5-3-6-14)8-11(17)18/h2,4,7H,3,5-6,8-9H2,1H3,(H,16,19)(H,17,18). The average molecular weight is 262 g/mol. The van der Waals surface area contributed by atoms with Crippen molar-refractivity contribution in [1.82, 2.24) is 10.3 Å². The van der Waals surface area contributed by atoms with E-state index in [1.54, 1.807) is 12.3 Å². The Morgan fingerprint density at radius 2 is 2.21 bits per heavy atom. The molecule has 0 radical (unpaired) electrons. The largest absolute Gasteiger partial charge is 0.481 e. The molecule has 1 aliphatic rings. The second kappa shape index (κ2) is 5.38. The molecular formula is C14H18N2O3. The summed E-state index contributed by atoms with van der Waals surface area (Å²) in [7, 11) is 0. The van der Waals surface area contributed by atoms with Crippen molar-refractivity contribution in [3.05, 3.63) is 29.6 Å². The van der Waals surface area contributed by atoms with E-state index in [4.69, 9.17) is 5.11 Å². The summed E-state index contributed by atoms with van der Waals surface area (Å²) in [6, 6.07) is 3.61. The van der Waals surface area contributed by atoms with Crippen LogP contribution in [0.2, 0.25) is 0 Å². The van der Waals surface area contributed by atoms with Crippen LogP contribution in [0, 0.1) is 12.3 Å². The maximum absolute atomic E-state index is 12.0. The van der Waals surface area contributed by atoms with Crippen molar-refractivity contribution in [2.45, 2.75) is 32.6 Å². The Bertz CT molecular complexity index is 495. The minimum absolute atomic E-state index is 0.120.